The van der Waals surface area contributed by atoms with E-state index in [-0.39, 0.29) is 23.8 Å². The number of halogens is 1. The van der Waals surface area contributed by atoms with E-state index in [0.29, 0.717) is 56.3 Å². The highest BCUT2D eigenvalue weighted by molar-refractivity contribution is 6.30. The first-order valence-electron chi connectivity index (χ1n) is 10.8. The number of amides is 4. The molecule has 3 atom stereocenters. The second kappa shape index (κ2) is 10.3. The lowest BCUT2D eigenvalue weighted by molar-refractivity contribution is -0.140. The lowest BCUT2D eigenvalue weighted by Gasteiger charge is -2.39. The number of nitrogens with one attached hydrogen (secondary N) is 1. The molecule has 0 aliphatic carbocycles. The highest BCUT2D eigenvalue weighted by Gasteiger charge is 2.34. The van der Waals surface area contributed by atoms with Gasteiger partial charge in [0.25, 0.3) is 0 Å². The zero-order valence-electron chi connectivity index (χ0n) is 18.1. The summed E-state index contributed by atoms with van der Waals surface area (Å²) in [6.07, 6.45) is 1.25. The van der Waals surface area contributed by atoms with Gasteiger partial charge in [-0.25, -0.2) is 4.79 Å². The minimum absolute atomic E-state index is 0.0194. The molecule has 2 saturated heterocycles. The number of piperidine rings is 1. The van der Waals surface area contributed by atoms with Crippen LogP contribution in [0.5, 0.6) is 0 Å². The van der Waals surface area contributed by atoms with E-state index in [0.717, 1.165) is 6.42 Å². The van der Waals surface area contributed by atoms with Gasteiger partial charge in [-0.2, -0.15) is 0 Å². The van der Waals surface area contributed by atoms with E-state index in [4.69, 9.17) is 11.6 Å². The number of likely N-dealkylation sites (tertiary alicyclic amines) is 1. The van der Waals surface area contributed by atoms with Gasteiger partial charge in [0.15, 0.2) is 0 Å². The maximum atomic E-state index is 12.8. The summed E-state index contributed by atoms with van der Waals surface area (Å²) < 4.78 is 0. The molecule has 0 bridgehead atoms. The molecule has 31 heavy (non-hydrogen) atoms. The summed E-state index contributed by atoms with van der Waals surface area (Å²) in [4.78, 5) is 42.7. The summed E-state index contributed by atoms with van der Waals surface area (Å²) in [7, 11) is 0. The quantitative estimate of drug-likeness (QED) is 0.720. The number of aliphatic hydroxyl groups excluding tert-OH is 1. The smallest absolute Gasteiger partial charge is 0.322 e. The van der Waals surface area contributed by atoms with Crippen molar-refractivity contribution in [3.63, 3.8) is 0 Å². The van der Waals surface area contributed by atoms with Crippen molar-refractivity contribution in [1.29, 1.82) is 0 Å². The van der Waals surface area contributed by atoms with Crippen molar-refractivity contribution < 1.29 is 19.5 Å². The van der Waals surface area contributed by atoms with Crippen LogP contribution in [0.4, 0.5) is 10.5 Å². The summed E-state index contributed by atoms with van der Waals surface area (Å²) in [6, 6.07) is 5.95. The third kappa shape index (κ3) is 5.89. The number of β-amino-alcohol motifs (C(OH)–C–C–N with tert-alkyl or cyclic N) is 1. The van der Waals surface area contributed by atoms with Crippen molar-refractivity contribution >= 4 is 35.1 Å². The molecule has 9 heteroatoms. The number of carbonyl (C=O) groups is 3. The van der Waals surface area contributed by atoms with Gasteiger partial charge in [0, 0.05) is 49.9 Å². The van der Waals surface area contributed by atoms with Crippen LogP contribution in [0, 0.1) is 5.92 Å². The normalized spacial score (nSPS) is 24.3. The summed E-state index contributed by atoms with van der Waals surface area (Å²) in [5, 5.41) is 13.3. The monoisotopic (exact) mass is 450 g/mol. The highest BCUT2D eigenvalue weighted by Crippen LogP contribution is 2.20. The molecule has 2 heterocycles. The molecule has 2 N–H and O–H groups in total. The molecule has 1 aromatic rings. The second-order valence-electron chi connectivity index (χ2n) is 8.41. The van der Waals surface area contributed by atoms with E-state index < -0.39 is 12.1 Å². The van der Waals surface area contributed by atoms with Crippen molar-refractivity contribution in [2.45, 2.75) is 45.3 Å². The predicted octanol–water partition coefficient (Wildman–Crippen LogP) is 2.41. The summed E-state index contributed by atoms with van der Waals surface area (Å²) >= 11 is 5.95. The number of hydrogen-bond donors (Lipinski definition) is 2. The Kier molecular flexibility index (Phi) is 7.78. The molecule has 4 amide bonds. The third-order valence-corrected chi connectivity index (χ3v) is 6.41. The fourth-order valence-electron chi connectivity index (χ4n) is 4.05. The van der Waals surface area contributed by atoms with Crippen molar-refractivity contribution in [1.82, 2.24) is 14.7 Å². The minimum atomic E-state index is -0.581. The summed E-state index contributed by atoms with van der Waals surface area (Å²) in [6.45, 7) is 6.10. The van der Waals surface area contributed by atoms with Crippen LogP contribution in [0.3, 0.4) is 0 Å². The molecule has 0 saturated carbocycles. The van der Waals surface area contributed by atoms with Crippen LogP contribution >= 0.6 is 11.6 Å². The first-order chi connectivity index (χ1) is 14.8. The Bertz CT molecular complexity index is 820. The zero-order chi connectivity index (χ0) is 22.5. The van der Waals surface area contributed by atoms with E-state index in [1.165, 1.54) is 4.90 Å². The van der Waals surface area contributed by atoms with Gasteiger partial charge in [-0.3, -0.25) is 9.59 Å². The number of carbonyl (C=O) groups excluding carboxylic acids is 3. The van der Waals surface area contributed by atoms with Gasteiger partial charge in [0.2, 0.25) is 11.8 Å². The lowest BCUT2D eigenvalue weighted by atomic mass is 9.96. The van der Waals surface area contributed by atoms with Gasteiger partial charge in [0.05, 0.1) is 6.10 Å². The van der Waals surface area contributed by atoms with Gasteiger partial charge in [0.1, 0.15) is 6.04 Å². The van der Waals surface area contributed by atoms with Crippen LogP contribution in [0.15, 0.2) is 24.3 Å². The first kappa shape index (κ1) is 23.3. The number of benzene rings is 1. The fourth-order valence-corrected chi connectivity index (χ4v) is 4.24. The number of anilines is 1. The van der Waals surface area contributed by atoms with Crippen LogP contribution in [0.25, 0.3) is 0 Å². The van der Waals surface area contributed by atoms with Crippen LogP contribution in [-0.2, 0) is 9.59 Å². The first-order valence-corrected chi connectivity index (χ1v) is 11.2. The van der Waals surface area contributed by atoms with Gasteiger partial charge in [-0.1, -0.05) is 24.6 Å². The molecular formula is C22H31ClN4O4. The van der Waals surface area contributed by atoms with E-state index in [9.17, 15) is 19.5 Å². The zero-order valence-corrected chi connectivity index (χ0v) is 18.8. The maximum Gasteiger partial charge on any atom is 0.322 e. The number of urea groups is 1. The molecule has 170 valence electrons. The number of hydrogen-bond acceptors (Lipinski definition) is 4. The third-order valence-electron chi connectivity index (χ3n) is 6.17. The molecule has 1 aromatic carbocycles. The van der Waals surface area contributed by atoms with Gasteiger partial charge in [-0.15, -0.1) is 0 Å². The van der Waals surface area contributed by atoms with Crippen LogP contribution in [0.2, 0.25) is 5.02 Å². The van der Waals surface area contributed by atoms with Crippen molar-refractivity contribution in [2.24, 2.45) is 5.92 Å². The predicted molar refractivity (Wildman–Crippen MR) is 119 cm³/mol. The molecule has 2 fully saturated rings. The van der Waals surface area contributed by atoms with Crippen LogP contribution in [0.1, 0.15) is 33.1 Å². The van der Waals surface area contributed by atoms with Gasteiger partial charge < -0.3 is 25.1 Å². The Morgan fingerprint density at radius 2 is 2.00 bits per heavy atom. The number of aliphatic hydroxyl groups is 1. The molecule has 0 aromatic heterocycles. The van der Waals surface area contributed by atoms with Crippen molar-refractivity contribution in [3.8, 4) is 0 Å². The molecule has 0 unspecified atom stereocenters. The average Bonchev–Trinajstić information content (AvgIpc) is 2.73. The molecule has 0 spiro atoms. The topological polar surface area (TPSA) is 93.2 Å². The van der Waals surface area contributed by atoms with E-state index >= 15 is 0 Å². The molecule has 2 aliphatic heterocycles. The highest BCUT2D eigenvalue weighted by atomic mass is 35.5. The minimum Gasteiger partial charge on any atom is -0.391 e. The van der Waals surface area contributed by atoms with Crippen LogP contribution < -0.4 is 5.32 Å². The largest absolute Gasteiger partial charge is 0.391 e. The van der Waals surface area contributed by atoms with Gasteiger partial charge in [-0.05, 0) is 43.9 Å². The summed E-state index contributed by atoms with van der Waals surface area (Å²) in [5.41, 5.74) is 0.579. The number of rotatable bonds is 5. The standard InChI is InChI=1S/C22H31ClN4O4/c1-15-8-10-26(14-19(15)28)20(29)7-4-9-25-11-12-27(16(2)21(25)30)22(31)24-18-6-3-5-17(23)13-18/h3,5-6,13,15-16,19,28H,4,7-12,14H2,1-2H3,(H,24,31)/t15-,16-,19+/m0/s1. The van der Waals surface area contributed by atoms with Crippen LogP contribution in [-0.4, -0.2) is 82.5 Å². The number of piperazine rings is 1. The molecule has 2 aliphatic rings. The van der Waals surface area contributed by atoms with E-state index in [2.05, 4.69) is 5.32 Å². The fraction of sp³-hybridized carbons (Fsp3) is 0.591. The Morgan fingerprint density at radius 1 is 1.23 bits per heavy atom. The summed E-state index contributed by atoms with van der Waals surface area (Å²) in [5.74, 6) is 0.115. The lowest BCUT2D eigenvalue weighted by Crippen LogP contribution is -2.58. The molecular weight excluding hydrogens is 420 g/mol. The van der Waals surface area contributed by atoms with Crippen molar-refractivity contribution in [2.75, 3.05) is 38.0 Å². The van der Waals surface area contributed by atoms with E-state index in [1.807, 2.05) is 6.92 Å². The molecule has 0 radical (unpaired) electrons. The SMILES string of the molecule is C[C@H]1CCN(C(=O)CCCN2CCN(C(=O)Nc3cccc(Cl)c3)[C@@H](C)C2=O)C[C@H]1O. The molecule has 8 nitrogen and oxygen atoms in total. The Hall–Kier alpha value is -2.32. The second-order valence-corrected chi connectivity index (χ2v) is 8.85. The Labute approximate surface area is 188 Å². The average molecular weight is 451 g/mol. The maximum absolute atomic E-state index is 12.8. The van der Waals surface area contributed by atoms with Gasteiger partial charge >= 0.3 is 6.03 Å². The van der Waals surface area contributed by atoms with Crippen molar-refractivity contribution in [3.05, 3.63) is 29.3 Å². The molecule has 3 rings (SSSR count). The Balaban J connectivity index is 1.45. The van der Waals surface area contributed by atoms with E-state index in [1.54, 1.807) is 41.0 Å². The number of nitrogens with zero attached hydrogens (tertiary/aromatic N) is 3. The Morgan fingerprint density at radius 3 is 2.71 bits per heavy atom.